The minimum absolute atomic E-state index is 0.0137. The summed E-state index contributed by atoms with van der Waals surface area (Å²) in [6, 6.07) is 15.6. The summed E-state index contributed by atoms with van der Waals surface area (Å²) >= 11 is 0. The molecule has 6 heteroatoms. The van der Waals surface area contributed by atoms with Gasteiger partial charge in [-0.05, 0) is 61.9 Å². The number of nitrogens with zero attached hydrogens (tertiary/aromatic N) is 1. The molecule has 1 unspecified atom stereocenters. The molecule has 1 amide bonds. The Morgan fingerprint density at radius 3 is 2.61 bits per heavy atom. The number of sulfone groups is 1. The van der Waals surface area contributed by atoms with Gasteiger partial charge in [-0.1, -0.05) is 30.3 Å². The zero-order valence-corrected chi connectivity index (χ0v) is 16.8. The molecule has 28 heavy (non-hydrogen) atoms. The van der Waals surface area contributed by atoms with Crippen LogP contribution < -0.4 is 0 Å². The number of likely N-dealkylation sites (tertiary alicyclic amines) is 1. The fraction of sp³-hybridized carbons (Fsp3) is 0.409. The number of carbonyl (C=O) groups excluding carboxylic acids is 1. The molecule has 1 fully saturated rings. The van der Waals surface area contributed by atoms with Gasteiger partial charge < -0.3 is 10.0 Å². The van der Waals surface area contributed by atoms with Crippen molar-refractivity contribution in [2.24, 2.45) is 0 Å². The third kappa shape index (κ3) is 5.35. The van der Waals surface area contributed by atoms with Crippen LogP contribution in [0.4, 0.5) is 0 Å². The van der Waals surface area contributed by atoms with Gasteiger partial charge in [0.15, 0.2) is 9.84 Å². The third-order valence-electron chi connectivity index (χ3n) is 5.31. The molecular weight excluding hydrogens is 374 g/mol. The van der Waals surface area contributed by atoms with E-state index in [1.54, 1.807) is 42.5 Å². The number of aromatic hydroxyl groups is 1. The van der Waals surface area contributed by atoms with E-state index in [0.717, 1.165) is 37.7 Å². The molecule has 150 valence electrons. The smallest absolute Gasteiger partial charge is 0.223 e. The lowest BCUT2D eigenvalue weighted by Gasteiger charge is -2.36. The molecule has 0 spiro atoms. The van der Waals surface area contributed by atoms with E-state index in [-0.39, 0.29) is 34.8 Å². The van der Waals surface area contributed by atoms with Crippen molar-refractivity contribution < 1.29 is 18.3 Å². The average molecular weight is 402 g/mol. The van der Waals surface area contributed by atoms with Crippen LogP contribution in [0.2, 0.25) is 0 Å². The zero-order chi connectivity index (χ0) is 20.0. The van der Waals surface area contributed by atoms with Crippen LogP contribution in [0, 0.1) is 0 Å². The number of carbonyl (C=O) groups is 1. The molecule has 2 aromatic carbocycles. The van der Waals surface area contributed by atoms with Crippen molar-refractivity contribution in [3.8, 4) is 5.75 Å². The molecule has 1 N–H and O–H groups in total. The molecule has 1 heterocycles. The van der Waals surface area contributed by atoms with E-state index >= 15 is 0 Å². The maximum atomic E-state index is 12.8. The fourth-order valence-electron chi connectivity index (χ4n) is 3.79. The van der Waals surface area contributed by atoms with Crippen LogP contribution in [-0.4, -0.2) is 42.7 Å². The van der Waals surface area contributed by atoms with Gasteiger partial charge in [0.2, 0.25) is 5.91 Å². The van der Waals surface area contributed by atoms with Crippen molar-refractivity contribution in [2.45, 2.75) is 49.5 Å². The van der Waals surface area contributed by atoms with Crippen LogP contribution in [0.5, 0.6) is 5.75 Å². The number of rotatable bonds is 7. The molecule has 1 atom stereocenters. The molecule has 0 radical (unpaired) electrons. The van der Waals surface area contributed by atoms with Gasteiger partial charge in [0.25, 0.3) is 0 Å². The van der Waals surface area contributed by atoms with Gasteiger partial charge >= 0.3 is 0 Å². The number of amides is 1. The van der Waals surface area contributed by atoms with Crippen LogP contribution in [0.15, 0.2) is 59.5 Å². The molecule has 1 saturated heterocycles. The second-order valence-corrected chi connectivity index (χ2v) is 9.44. The standard InChI is InChI=1S/C22H27NO4S/c24-20-9-6-7-18(17-20)12-13-19-8-4-5-15-23(19)22(25)14-16-28(26,27)21-10-2-1-3-11-21/h1-3,6-7,9-11,17,19,24H,4-5,8,12-16H2. The van der Waals surface area contributed by atoms with Crippen molar-refractivity contribution in [2.75, 3.05) is 12.3 Å². The lowest BCUT2D eigenvalue weighted by Crippen LogP contribution is -2.44. The first-order valence-electron chi connectivity index (χ1n) is 9.81. The van der Waals surface area contributed by atoms with E-state index in [1.165, 1.54) is 0 Å². The topological polar surface area (TPSA) is 74.7 Å². The number of piperidine rings is 1. The van der Waals surface area contributed by atoms with E-state index in [4.69, 9.17) is 0 Å². The number of phenolic OH excluding ortho intramolecular Hbond substituents is 1. The first-order valence-corrected chi connectivity index (χ1v) is 11.5. The first kappa shape index (κ1) is 20.4. The van der Waals surface area contributed by atoms with E-state index < -0.39 is 9.84 Å². The summed E-state index contributed by atoms with van der Waals surface area (Å²) < 4.78 is 24.9. The van der Waals surface area contributed by atoms with Gasteiger partial charge in [0.05, 0.1) is 10.6 Å². The lowest BCUT2D eigenvalue weighted by molar-refractivity contribution is -0.134. The van der Waals surface area contributed by atoms with E-state index in [9.17, 15) is 18.3 Å². The van der Waals surface area contributed by atoms with E-state index in [0.29, 0.717) is 6.54 Å². The predicted octanol–water partition coefficient (Wildman–Crippen LogP) is 3.57. The highest BCUT2D eigenvalue weighted by Gasteiger charge is 2.27. The third-order valence-corrected chi connectivity index (χ3v) is 7.04. The number of hydrogen-bond acceptors (Lipinski definition) is 4. The van der Waals surface area contributed by atoms with E-state index in [1.807, 2.05) is 17.0 Å². The maximum absolute atomic E-state index is 12.8. The number of hydrogen-bond donors (Lipinski definition) is 1. The Hall–Kier alpha value is -2.34. The van der Waals surface area contributed by atoms with Crippen LogP contribution >= 0.6 is 0 Å². The summed E-state index contributed by atoms with van der Waals surface area (Å²) in [6.07, 6.45) is 4.60. The minimum Gasteiger partial charge on any atom is -0.508 e. The SMILES string of the molecule is O=C(CCS(=O)(=O)c1ccccc1)N1CCCCC1CCc1cccc(O)c1. The first-order chi connectivity index (χ1) is 13.5. The molecule has 1 aliphatic rings. The Morgan fingerprint density at radius 1 is 1.07 bits per heavy atom. The van der Waals surface area contributed by atoms with Crippen molar-refractivity contribution >= 4 is 15.7 Å². The Bertz CT molecular complexity index is 896. The maximum Gasteiger partial charge on any atom is 0.223 e. The van der Waals surface area contributed by atoms with Crippen molar-refractivity contribution in [3.05, 3.63) is 60.2 Å². The Morgan fingerprint density at radius 2 is 1.86 bits per heavy atom. The fourth-order valence-corrected chi connectivity index (χ4v) is 5.04. The molecule has 0 bridgehead atoms. The summed E-state index contributed by atoms with van der Waals surface area (Å²) in [5.74, 6) is 0.00587. The zero-order valence-electron chi connectivity index (χ0n) is 16.0. The summed E-state index contributed by atoms with van der Waals surface area (Å²) in [5.41, 5.74) is 1.05. The molecule has 5 nitrogen and oxygen atoms in total. The van der Waals surface area contributed by atoms with Gasteiger partial charge in [-0.2, -0.15) is 0 Å². The summed E-state index contributed by atoms with van der Waals surface area (Å²) in [7, 11) is -3.45. The second-order valence-electron chi connectivity index (χ2n) is 7.33. The second kappa shape index (κ2) is 9.24. The average Bonchev–Trinajstić information content (AvgIpc) is 2.71. The van der Waals surface area contributed by atoms with Gasteiger partial charge in [-0.15, -0.1) is 0 Å². The van der Waals surface area contributed by atoms with Gasteiger partial charge in [-0.3, -0.25) is 4.79 Å². The molecule has 2 aromatic rings. The highest BCUT2D eigenvalue weighted by molar-refractivity contribution is 7.91. The van der Waals surface area contributed by atoms with Crippen LogP contribution in [0.25, 0.3) is 0 Å². The van der Waals surface area contributed by atoms with Crippen molar-refractivity contribution in [1.82, 2.24) is 4.90 Å². The molecule has 0 saturated carbocycles. The van der Waals surface area contributed by atoms with E-state index in [2.05, 4.69) is 0 Å². The van der Waals surface area contributed by atoms with Crippen molar-refractivity contribution in [3.63, 3.8) is 0 Å². The summed E-state index contributed by atoms with van der Waals surface area (Å²) in [4.78, 5) is 14.9. The van der Waals surface area contributed by atoms with Crippen molar-refractivity contribution in [1.29, 1.82) is 0 Å². The Labute approximate surface area is 166 Å². The molecule has 0 aromatic heterocycles. The highest BCUT2D eigenvalue weighted by Crippen LogP contribution is 2.23. The monoisotopic (exact) mass is 401 g/mol. The molecule has 0 aliphatic carbocycles. The molecular formula is C22H27NO4S. The summed E-state index contributed by atoms with van der Waals surface area (Å²) in [5, 5.41) is 9.61. The number of benzene rings is 2. The molecule has 1 aliphatic heterocycles. The number of phenols is 1. The normalized spacial score (nSPS) is 17.4. The van der Waals surface area contributed by atoms with Crippen LogP contribution in [0.1, 0.15) is 37.7 Å². The van der Waals surface area contributed by atoms with Gasteiger partial charge in [-0.25, -0.2) is 8.42 Å². The van der Waals surface area contributed by atoms with Crippen LogP contribution in [-0.2, 0) is 21.1 Å². The highest BCUT2D eigenvalue weighted by atomic mass is 32.2. The minimum atomic E-state index is -3.45. The van der Waals surface area contributed by atoms with Gasteiger partial charge in [0, 0.05) is 19.0 Å². The summed E-state index contributed by atoms with van der Waals surface area (Å²) in [6.45, 7) is 0.689. The quantitative estimate of drug-likeness (QED) is 0.770. The van der Waals surface area contributed by atoms with Crippen LogP contribution in [0.3, 0.4) is 0 Å². The number of aryl methyl sites for hydroxylation is 1. The largest absolute Gasteiger partial charge is 0.508 e. The molecule has 3 rings (SSSR count). The predicted molar refractivity (Wildman–Crippen MR) is 109 cm³/mol. The lowest BCUT2D eigenvalue weighted by atomic mass is 9.95. The Kier molecular flexibility index (Phi) is 6.73. The Balaban J connectivity index is 1.59. The van der Waals surface area contributed by atoms with Gasteiger partial charge in [0.1, 0.15) is 5.75 Å².